The van der Waals surface area contributed by atoms with E-state index in [0.717, 1.165) is 23.3 Å². The molecule has 0 saturated carbocycles. The zero-order valence-corrected chi connectivity index (χ0v) is 17.5. The number of thiophene rings is 1. The highest BCUT2D eigenvalue weighted by Gasteiger charge is 2.28. The Labute approximate surface area is 165 Å². The predicted octanol–water partition coefficient (Wildman–Crippen LogP) is 3.42. The molecule has 2 N–H and O–H groups in total. The second-order valence-corrected chi connectivity index (χ2v) is 11.0. The summed E-state index contributed by atoms with van der Waals surface area (Å²) in [5, 5.41) is 2.89. The Hall–Kier alpha value is -1.70. The van der Waals surface area contributed by atoms with Gasteiger partial charge in [-0.05, 0) is 42.5 Å². The highest BCUT2D eigenvalue weighted by molar-refractivity contribution is 7.91. The van der Waals surface area contributed by atoms with Crippen LogP contribution in [0, 0.1) is 5.41 Å². The fourth-order valence-corrected chi connectivity index (χ4v) is 5.75. The van der Waals surface area contributed by atoms with Gasteiger partial charge >= 0.3 is 0 Å². The lowest BCUT2D eigenvalue weighted by Crippen LogP contribution is -2.35. The molecule has 0 aliphatic heterocycles. The maximum Gasteiger partial charge on any atom is 0.250 e. The van der Waals surface area contributed by atoms with Crippen molar-refractivity contribution < 1.29 is 13.2 Å². The zero-order valence-electron chi connectivity index (χ0n) is 15.9. The molecule has 0 fully saturated rings. The average Bonchev–Trinajstić information content (AvgIpc) is 3.22. The number of benzene rings is 1. The van der Waals surface area contributed by atoms with E-state index in [4.69, 9.17) is 0 Å². The SMILES string of the molecule is CC(C)(C)C(=O)NCCc1ccc(S(=O)(=O)N[C@H]2CCc3ccccc32)s1. The van der Waals surface area contributed by atoms with Crippen LogP contribution in [0.1, 0.15) is 49.2 Å². The first-order chi connectivity index (χ1) is 12.7. The lowest BCUT2D eigenvalue weighted by molar-refractivity contribution is -0.128. The Morgan fingerprint density at radius 2 is 1.93 bits per heavy atom. The summed E-state index contributed by atoms with van der Waals surface area (Å²) >= 11 is 1.26. The van der Waals surface area contributed by atoms with Gasteiger partial charge in [-0.1, -0.05) is 45.0 Å². The second-order valence-electron chi connectivity index (χ2n) is 7.89. The van der Waals surface area contributed by atoms with Gasteiger partial charge in [-0.3, -0.25) is 4.79 Å². The third-order valence-electron chi connectivity index (χ3n) is 4.67. The van der Waals surface area contributed by atoms with E-state index in [-0.39, 0.29) is 11.9 Å². The van der Waals surface area contributed by atoms with E-state index in [1.165, 1.54) is 16.9 Å². The Bertz CT molecular complexity index is 927. The van der Waals surface area contributed by atoms with Crippen molar-refractivity contribution >= 4 is 27.3 Å². The number of carbonyl (C=O) groups is 1. The van der Waals surface area contributed by atoms with E-state index >= 15 is 0 Å². The standard InChI is InChI=1S/C20H26N2O3S2/c1-20(2,3)19(23)21-13-12-15-9-11-18(26-15)27(24,25)22-17-10-8-14-6-4-5-7-16(14)17/h4-7,9,11,17,22H,8,10,12-13H2,1-3H3,(H,21,23)/t17-/m0/s1. The van der Waals surface area contributed by atoms with Gasteiger partial charge in [0, 0.05) is 22.9 Å². The third-order valence-corrected chi connectivity index (χ3v) is 7.78. The topological polar surface area (TPSA) is 75.3 Å². The number of rotatable bonds is 6. The number of amides is 1. The van der Waals surface area contributed by atoms with E-state index in [0.29, 0.717) is 17.2 Å². The smallest absolute Gasteiger partial charge is 0.250 e. The van der Waals surface area contributed by atoms with Crippen molar-refractivity contribution in [2.75, 3.05) is 6.54 Å². The molecule has 1 heterocycles. The average molecular weight is 407 g/mol. The molecule has 27 heavy (non-hydrogen) atoms. The summed E-state index contributed by atoms with van der Waals surface area (Å²) in [6.07, 6.45) is 2.30. The molecule has 1 aromatic carbocycles. The lowest BCUT2D eigenvalue weighted by Gasteiger charge is -2.17. The van der Waals surface area contributed by atoms with Gasteiger partial charge in [0.25, 0.3) is 10.0 Å². The molecule has 3 rings (SSSR count). The number of carbonyl (C=O) groups excluding carboxylic acids is 1. The van der Waals surface area contributed by atoms with Crippen LogP contribution in [0.5, 0.6) is 0 Å². The monoisotopic (exact) mass is 406 g/mol. The maximum absolute atomic E-state index is 12.8. The molecule has 146 valence electrons. The van der Waals surface area contributed by atoms with Crippen LogP contribution in [0.3, 0.4) is 0 Å². The first-order valence-corrected chi connectivity index (χ1v) is 11.4. The largest absolute Gasteiger partial charge is 0.355 e. The highest BCUT2D eigenvalue weighted by atomic mass is 32.2. The van der Waals surface area contributed by atoms with Crippen molar-refractivity contribution in [3.63, 3.8) is 0 Å². The van der Waals surface area contributed by atoms with Crippen LogP contribution in [0.2, 0.25) is 0 Å². The summed E-state index contributed by atoms with van der Waals surface area (Å²) in [6, 6.07) is 11.3. The van der Waals surface area contributed by atoms with Crippen molar-refractivity contribution in [3.8, 4) is 0 Å². The minimum absolute atomic E-state index is 0.00605. The summed E-state index contributed by atoms with van der Waals surface area (Å²) in [4.78, 5) is 12.8. The first-order valence-electron chi connectivity index (χ1n) is 9.14. The third kappa shape index (κ3) is 4.78. The molecular formula is C20H26N2O3S2. The molecule has 1 aromatic heterocycles. The highest BCUT2D eigenvalue weighted by Crippen LogP contribution is 2.33. The summed E-state index contributed by atoms with van der Waals surface area (Å²) in [6.45, 7) is 6.10. The van der Waals surface area contributed by atoms with E-state index in [1.807, 2.05) is 45.0 Å². The molecule has 7 heteroatoms. The number of sulfonamides is 1. The van der Waals surface area contributed by atoms with Gasteiger partial charge in [-0.15, -0.1) is 11.3 Å². The quantitative estimate of drug-likeness (QED) is 0.772. The van der Waals surface area contributed by atoms with Crippen molar-refractivity contribution in [2.45, 2.75) is 50.3 Å². The first kappa shape index (κ1) is 20.0. The molecule has 0 saturated heterocycles. The van der Waals surface area contributed by atoms with Gasteiger partial charge in [0.1, 0.15) is 4.21 Å². The minimum Gasteiger partial charge on any atom is -0.355 e. The van der Waals surface area contributed by atoms with Gasteiger partial charge in [0.2, 0.25) is 5.91 Å². The Morgan fingerprint density at radius 1 is 1.19 bits per heavy atom. The molecule has 1 amide bonds. The van der Waals surface area contributed by atoms with Crippen LogP contribution in [0.25, 0.3) is 0 Å². The number of aryl methyl sites for hydroxylation is 1. The summed E-state index contributed by atoms with van der Waals surface area (Å²) in [5.74, 6) is -0.00605. The molecule has 1 atom stereocenters. The molecule has 0 bridgehead atoms. The minimum atomic E-state index is -3.55. The fourth-order valence-electron chi connectivity index (χ4n) is 3.13. The van der Waals surface area contributed by atoms with E-state index in [2.05, 4.69) is 16.1 Å². The van der Waals surface area contributed by atoms with Gasteiger partial charge in [-0.25, -0.2) is 13.1 Å². The second kappa shape index (κ2) is 7.73. The number of hydrogen-bond acceptors (Lipinski definition) is 4. The van der Waals surface area contributed by atoms with Crippen LogP contribution in [-0.2, 0) is 27.7 Å². The van der Waals surface area contributed by atoms with Crippen molar-refractivity contribution in [3.05, 3.63) is 52.4 Å². The van der Waals surface area contributed by atoms with E-state index in [1.54, 1.807) is 6.07 Å². The van der Waals surface area contributed by atoms with E-state index in [9.17, 15) is 13.2 Å². The lowest BCUT2D eigenvalue weighted by atomic mass is 9.96. The van der Waals surface area contributed by atoms with Crippen LogP contribution in [-0.4, -0.2) is 20.9 Å². The number of nitrogens with one attached hydrogen (secondary N) is 2. The predicted molar refractivity (Wildman–Crippen MR) is 108 cm³/mol. The summed E-state index contributed by atoms with van der Waals surface area (Å²) in [5.41, 5.74) is 1.86. The fraction of sp³-hybridized carbons (Fsp3) is 0.450. The molecule has 5 nitrogen and oxygen atoms in total. The molecule has 0 spiro atoms. The van der Waals surface area contributed by atoms with Gasteiger partial charge in [0.05, 0.1) is 0 Å². The molecule has 0 radical (unpaired) electrons. The summed E-state index contributed by atoms with van der Waals surface area (Å²) in [7, 11) is -3.55. The van der Waals surface area contributed by atoms with Crippen molar-refractivity contribution in [2.24, 2.45) is 5.41 Å². The van der Waals surface area contributed by atoms with E-state index < -0.39 is 15.4 Å². The van der Waals surface area contributed by atoms with Crippen molar-refractivity contribution in [1.82, 2.24) is 10.0 Å². The number of fused-ring (bicyclic) bond motifs is 1. The van der Waals surface area contributed by atoms with Gasteiger partial charge in [-0.2, -0.15) is 0 Å². The maximum atomic E-state index is 12.8. The molecule has 0 unspecified atom stereocenters. The Balaban J connectivity index is 1.61. The number of hydrogen-bond donors (Lipinski definition) is 2. The van der Waals surface area contributed by atoms with Crippen LogP contribution in [0.4, 0.5) is 0 Å². The normalized spacial score (nSPS) is 16.9. The summed E-state index contributed by atoms with van der Waals surface area (Å²) < 4.78 is 28.7. The molecule has 2 aromatic rings. The zero-order chi connectivity index (χ0) is 19.7. The van der Waals surface area contributed by atoms with Gasteiger partial charge in [0.15, 0.2) is 0 Å². The van der Waals surface area contributed by atoms with Crippen LogP contribution in [0.15, 0.2) is 40.6 Å². The van der Waals surface area contributed by atoms with Crippen LogP contribution < -0.4 is 10.0 Å². The van der Waals surface area contributed by atoms with Gasteiger partial charge < -0.3 is 5.32 Å². The Morgan fingerprint density at radius 3 is 2.67 bits per heavy atom. The van der Waals surface area contributed by atoms with Crippen molar-refractivity contribution in [1.29, 1.82) is 0 Å². The Kier molecular flexibility index (Phi) is 5.74. The molecule has 1 aliphatic carbocycles. The van der Waals surface area contributed by atoms with Crippen LogP contribution >= 0.6 is 11.3 Å². The molecular weight excluding hydrogens is 380 g/mol. The molecule has 1 aliphatic rings.